The van der Waals surface area contributed by atoms with E-state index in [-0.39, 0.29) is 18.2 Å². The minimum atomic E-state index is -0.518. The monoisotopic (exact) mass is 409 g/mol. The zero-order valence-electron chi connectivity index (χ0n) is 16.4. The van der Waals surface area contributed by atoms with Crippen LogP contribution in [0.4, 0.5) is 11.4 Å². The van der Waals surface area contributed by atoms with Crippen LogP contribution in [0.15, 0.2) is 66.2 Å². The van der Waals surface area contributed by atoms with Gasteiger partial charge in [0.05, 0.1) is 12.8 Å². The molecule has 3 rings (SSSR count). The predicted octanol–water partition coefficient (Wildman–Crippen LogP) is 4.15. The van der Waals surface area contributed by atoms with Crippen LogP contribution in [0.1, 0.15) is 12.0 Å². The third kappa shape index (κ3) is 5.06. The lowest BCUT2D eigenvalue weighted by Crippen LogP contribution is -2.33. The summed E-state index contributed by atoms with van der Waals surface area (Å²) in [5, 5.41) is 2.93. The number of hydrogen-bond donors (Lipinski definition) is 1. The number of methoxy groups -OCH3 is 1. The average molecular weight is 410 g/mol. The molecule has 150 valence electrons. The minimum absolute atomic E-state index is 0.0765. The Bertz CT molecular complexity index is 941. The number of carbonyl (C=O) groups is 2. The van der Waals surface area contributed by atoms with Gasteiger partial charge in [-0.1, -0.05) is 36.0 Å². The number of aliphatic imine (C=N–C) groups is 1. The molecule has 0 saturated carbocycles. The summed E-state index contributed by atoms with van der Waals surface area (Å²) in [6, 6.07) is 14.8. The molecule has 29 heavy (non-hydrogen) atoms. The number of anilines is 1. The number of amidine groups is 1. The third-order valence-corrected chi connectivity index (χ3v) is 5.59. The van der Waals surface area contributed by atoms with Gasteiger partial charge in [0.15, 0.2) is 5.17 Å². The smallest absolute Gasteiger partial charge is 0.242 e. The van der Waals surface area contributed by atoms with Crippen LogP contribution in [0.5, 0.6) is 5.75 Å². The molecule has 1 aliphatic rings. The number of para-hydroxylation sites is 1. The van der Waals surface area contributed by atoms with Crippen molar-refractivity contribution in [2.24, 2.45) is 4.99 Å². The number of benzene rings is 2. The van der Waals surface area contributed by atoms with Gasteiger partial charge in [-0.3, -0.25) is 14.5 Å². The largest absolute Gasteiger partial charge is 0.497 e. The second-order valence-electron chi connectivity index (χ2n) is 6.50. The first kappa shape index (κ1) is 20.7. The van der Waals surface area contributed by atoms with Crippen LogP contribution < -0.4 is 10.1 Å². The summed E-state index contributed by atoms with van der Waals surface area (Å²) >= 11 is 1.30. The van der Waals surface area contributed by atoms with Gasteiger partial charge in [0.25, 0.3) is 0 Å². The number of hydrogen-bond acceptors (Lipinski definition) is 5. The van der Waals surface area contributed by atoms with E-state index in [1.807, 2.05) is 55.5 Å². The van der Waals surface area contributed by atoms with E-state index < -0.39 is 5.25 Å². The molecule has 1 fully saturated rings. The summed E-state index contributed by atoms with van der Waals surface area (Å²) in [6.07, 6.45) is 1.73. The van der Waals surface area contributed by atoms with Crippen molar-refractivity contribution < 1.29 is 14.3 Å². The van der Waals surface area contributed by atoms with Gasteiger partial charge in [-0.15, -0.1) is 6.58 Å². The second kappa shape index (κ2) is 9.43. The number of thioether (sulfide) groups is 1. The number of carbonyl (C=O) groups excluding carboxylic acids is 2. The highest BCUT2D eigenvalue weighted by Gasteiger charge is 2.38. The lowest BCUT2D eigenvalue weighted by molar-refractivity contribution is -0.127. The molecule has 1 aliphatic heterocycles. The zero-order chi connectivity index (χ0) is 20.8. The lowest BCUT2D eigenvalue weighted by atomic mass is 10.2. The quantitative estimate of drug-likeness (QED) is 0.698. The number of nitrogens with zero attached hydrogens (tertiary/aromatic N) is 2. The Balaban J connectivity index is 1.74. The summed E-state index contributed by atoms with van der Waals surface area (Å²) in [4.78, 5) is 31.5. The van der Waals surface area contributed by atoms with Crippen LogP contribution in [-0.2, 0) is 9.59 Å². The molecule has 1 heterocycles. The van der Waals surface area contributed by atoms with Gasteiger partial charge in [0, 0.05) is 18.7 Å². The molecular weight excluding hydrogens is 386 g/mol. The van der Waals surface area contributed by atoms with Crippen LogP contribution >= 0.6 is 11.8 Å². The predicted molar refractivity (Wildman–Crippen MR) is 118 cm³/mol. The number of nitrogens with one attached hydrogen (secondary N) is 1. The number of aryl methyl sites for hydroxylation is 1. The van der Waals surface area contributed by atoms with E-state index in [4.69, 9.17) is 4.74 Å². The Morgan fingerprint density at radius 1 is 1.28 bits per heavy atom. The van der Waals surface area contributed by atoms with Gasteiger partial charge < -0.3 is 10.1 Å². The molecule has 0 radical (unpaired) electrons. The van der Waals surface area contributed by atoms with Gasteiger partial charge in [-0.2, -0.15) is 0 Å². The number of amides is 2. The first-order valence-corrected chi connectivity index (χ1v) is 10.1. The fourth-order valence-corrected chi connectivity index (χ4v) is 4.04. The fraction of sp³-hybridized carbons (Fsp3) is 0.227. The van der Waals surface area contributed by atoms with Crippen molar-refractivity contribution in [1.29, 1.82) is 0 Å². The Hall–Kier alpha value is -3.06. The molecule has 0 aliphatic carbocycles. The maximum atomic E-state index is 12.8. The molecule has 0 spiro atoms. The van der Waals surface area contributed by atoms with E-state index in [0.717, 1.165) is 17.0 Å². The Labute approximate surface area is 174 Å². The molecule has 0 unspecified atom stereocenters. The SMILES string of the molecule is C=CCN1C(=O)[C@H](CC(=O)Nc2ccccc2C)SC1=Nc1ccc(OC)cc1. The van der Waals surface area contributed by atoms with E-state index in [9.17, 15) is 9.59 Å². The van der Waals surface area contributed by atoms with Crippen molar-refractivity contribution in [2.45, 2.75) is 18.6 Å². The van der Waals surface area contributed by atoms with E-state index in [2.05, 4.69) is 16.9 Å². The van der Waals surface area contributed by atoms with Crippen LogP contribution in [-0.4, -0.2) is 40.8 Å². The Morgan fingerprint density at radius 3 is 2.66 bits per heavy atom. The second-order valence-corrected chi connectivity index (χ2v) is 7.67. The number of ether oxygens (including phenoxy) is 1. The average Bonchev–Trinajstić information content (AvgIpc) is 2.99. The lowest BCUT2D eigenvalue weighted by Gasteiger charge is -2.14. The zero-order valence-corrected chi connectivity index (χ0v) is 17.2. The molecule has 1 N–H and O–H groups in total. The maximum Gasteiger partial charge on any atom is 0.242 e. The third-order valence-electron chi connectivity index (χ3n) is 4.42. The van der Waals surface area contributed by atoms with Gasteiger partial charge in [-0.25, -0.2) is 4.99 Å². The van der Waals surface area contributed by atoms with Crippen molar-refractivity contribution >= 4 is 40.1 Å². The van der Waals surface area contributed by atoms with E-state index in [0.29, 0.717) is 17.4 Å². The molecular formula is C22H23N3O3S. The van der Waals surface area contributed by atoms with Gasteiger partial charge in [-0.05, 0) is 42.8 Å². The molecule has 0 bridgehead atoms. The Kier molecular flexibility index (Phi) is 6.72. The molecule has 1 saturated heterocycles. The topological polar surface area (TPSA) is 71.0 Å². The van der Waals surface area contributed by atoms with Crippen LogP contribution in [0.3, 0.4) is 0 Å². The van der Waals surface area contributed by atoms with Crippen molar-refractivity contribution in [3.05, 3.63) is 66.7 Å². The van der Waals surface area contributed by atoms with E-state index in [1.165, 1.54) is 11.8 Å². The molecule has 1 atom stereocenters. The molecule has 2 aromatic carbocycles. The fourth-order valence-electron chi connectivity index (χ4n) is 2.87. The van der Waals surface area contributed by atoms with Crippen molar-refractivity contribution in [3.63, 3.8) is 0 Å². The highest BCUT2D eigenvalue weighted by atomic mass is 32.2. The van der Waals surface area contributed by atoms with Crippen LogP contribution in [0.2, 0.25) is 0 Å². The normalized spacial score (nSPS) is 17.4. The molecule has 7 heteroatoms. The van der Waals surface area contributed by atoms with Gasteiger partial charge in [0.2, 0.25) is 11.8 Å². The van der Waals surface area contributed by atoms with Gasteiger partial charge in [0.1, 0.15) is 11.0 Å². The first-order chi connectivity index (χ1) is 14.0. The Morgan fingerprint density at radius 2 is 2.00 bits per heavy atom. The molecule has 2 amide bonds. The standard InChI is InChI=1S/C22H23N3O3S/c1-4-13-25-21(27)19(14-20(26)24-18-8-6-5-7-15(18)2)29-22(25)23-16-9-11-17(28-3)12-10-16/h4-12,19H,1,13-14H2,2-3H3,(H,24,26)/t19-/m0/s1. The van der Waals surface area contributed by atoms with Crippen molar-refractivity contribution in [2.75, 3.05) is 19.0 Å². The summed E-state index contributed by atoms with van der Waals surface area (Å²) in [6.45, 7) is 5.99. The summed E-state index contributed by atoms with van der Waals surface area (Å²) in [7, 11) is 1.60. The van der Waals surface area contributed by atoms with Crippen LogP contribution in [0, 0.1) is 6.92 Å². The van der Waals surface area contributed by atoms with Crippen molar-refractivity contribution in [1.82, 2.24) is 4.90 Å². The summed E-state index contributed by atoms with van der Waals surface area (Å²) in [5.74, 6) is 0.397. The van der Waals surface area contributed by atoms with E-state index >= 15 is 0 Å². The van der Waals surface area contributed by atoms with Crippen molar-refractivity contribution in [3.8, 4) is 5.75 Å². The molecule has 6 nitrogen and oxygen atoms in total. The van der Waals surface area contributed by atoms with E-state index in [1.54, 1.807) is 18.1 Å². The minimum Gasteiger partial charge on any atom is -0.497 e. The first-order valence-electron chi connectivity index (χ1n) is 9.19. The number of rotatable bonds is 7. The van der Waals surface area contributed by atoms with Crippen LogP contribution in [0.25, 0.3) is 0 Å². The molecule has 2 aromatic rings. The summed E-state index contributed by atoms with van der Waals surface area (Å²) in [5.41, 5.74) is 2.43. The van der Waals surface area contributed by atoms with Gasteiger partial charge >= 0.3 is 0 Å². The highest BCUT2D eigenvalue weighted by molar-refractivity contribution is 8.15. The highest BCUT2D eigenvalue weighted by Crippen LogP contribution is 2.32. The summed E-state index contributed by atoms with van der Waals surface area (Å²) < 4.78 is 5.16. The molecule has 0 aromatic heterocycles. The maximum absolute atomic E-state index is 12.8.